The lowest BCUT2D eigenvalue weighted by atomic mass is 9.80. The molecule has 1 rings (SSSR count). The maximum absolute atomic E-state index is 8.68. The van der Waals surface area contributed by atoms with Gasteiger partial charge in [0.2, 0.25) is 5.96 Å². The molecule has 0 aromatic carbocycles. The molecule has 1 saturated carbocycles. The summed E-state index contributed by atoms with van der Waals surface area (Å²) in [6.07, 6.45) is 11.0. The van der Waals surface area contributed by atoms with Crippen LogP contribution in [0, 0.1) is 23.3 Å². The fraction of sp³-hybridized carbons (Fsp3) is 0.867. The first-order valence-electron chi connectivity index (χ1n) is 7.73. The van der Waals surface area contributed by atoms with Crippen molar-refractivity contribution in [1.82, 2.24) is 10.6 Å². The Hall–Kier alpha value is -1.24. The van der Waals surface area contributed by atoms with Gasteiger partial charge in [-0.1, -0.05) is 39.5 Å². The summed E-state index contributed by atoms with van der Waals surface area (Å²) in [6, 6.07) is 0. The first-order valence-corrected chi connectivity index (χ1v) is 7.73. The van der Waals surface area contributed by atoms with Crippen molar-refractivity contribution in [2.75, 3.05) is 13.1 Å². The van der Waals surface area contributed by atoms with E-state index in [0.717, 1.165) is 25.4 Å². The van der Waals surface area contributed by atoms with Crippen LogP contribution in [0.5, 0.6) is 0 Å². The van der Waals surface area contributed by atoms with Crippen molar-refractivity contribution in [3.05, 3.63) is 0 Å². The van der Waals surface area contributed by atoms with Crippen LogP contribution in [0.2, 0.25) is 0 Å². The van der Waals surface area contributed by atoms with E-state index in [1.165, 1.54) is 38.5 Å². The molecule has 4 nitrogen and oxygen atoms in total. The van der Waals surface area contributed by atoms with E-state index in [9.17, 15) is 0 Å². The van der Waals surface area contributed by atoms with Crippen molar-refractivity contribution in [3.8, 4) is 6.19 Å². The van der Waals surface area contributed by atoms with Gasteiger partial charge in [0.25, 0.3) is 0 Å². The molecule has 0 atom stereocenters. The van der Waals surface area contributed by atoms with Crippen LogP contribution < -0.4 is 10.6 Å². The van der Waals surface area contributed by atoms with E-state index < -0.39 is 0 Å². The van der Waals surface area contributed by atoms with Crippen LogP contribution in [0.4, 0.5) is 0 Å². The molecule has 0 saturated heterocycles. The second kappa shape index (κ2) is 9.66. The molecule has 0 unspecified atom stereocenters. The van der Waals surface area contributed by atoms with Crippen molar-refractivity contribution in [2.24, 2.45) is 16.8 Å². The Bertz CT molecular complexity index is 298. The SMILES string of the molecule is CCCNC(=NCC1CCC(CCC)CC1)NC#N. The largest absolute Gasteiger partial charge is 0.356 e. The highest BCUT2D eigenvalue weighted by atomic mass is 15.2. The second-order valence-corrected chi connectivity index (χ2v) is 5.53. The van der Waals surface area contributed by atoms with Crippen molar-refractivity contribution in [1.29, 1.82) is 5.26 Å². The summed E-state index contributed by atoms with van der Waals surface area (Å²) in [5.74, 6) is 2.28. The van der Waals surface area contributed by atoms with Gasteiger partial charge in [-0.25, -0.2) is 0 Å². The summed E-state index contributed by atoms with van der Waals surface area (Å²) in [6.45, 7) is 6.08. The topological polar surface area (TPSA) is 60.2 Å². The van der Waals surface area contributed by atoms with Crippen LogP contribution in [-0.4, -0.2) is 19.0 Å². The zero-order chi connectivity index (χ0) is 13.9. The molecule has 108 valence electrons. The second-order valence-electron chi connectivity index (χ2n) is 5.53. The van der Waals surface area contributed by atoms with Gasteiger partial charge in [0.15, 0.2) is 6.19 Å². The quantitative estimate of drug-likeness (QED) is 0.335. The van der Waals surface area contributed by atoms with E-state index in [4.69, 9.17) is 5.26 Å². The summed E-state index contributed by atoms with van der Waals surface area (Å²) in [5.41, 5.74) is 0. The number of aliphatic imine (C=N–C) groups is 1. The van der Waals surface area contributed by atoms with Crippen molar-refractivity contribution < 1.29 is 0 Å². The van der Waals surface area contributed by atoms with Gasteiger partial charge in [-0.15, -0.1) is 0 Å². The number of nitriles is 1. The Kier molecular flexibility index (Phi) is 8.04. The molecule has 1 aliphatic carbocycles. The molecule has 0 amide bonds. The molecule has 0 radical (unpaired) electrons. The minimum Gasteiger partial charge on any atom is -0.356 e. The lowest BCUT2D eigenvalue weighted by Gasteiger charge is -2.27. The molecule has 2 N–H and O–H groups in total. The molecule has 1 aliphatic rings. The van der Waals surface area contributed by atoms with Gasteiger partial charge in [0.1, 0.15) is 0 Å². The number of nitrogens with zero attached hydrogens (tertiary/aromatic N) is 2. The van der Waals surface area contributed by atoms with Crippen LogP contribution >= 0.6 is 0 Å². The van der Waals surface area contributed by atoms with Gasteiger partial charge in [-0.3, -0.25) is 10.3 Å². The minimum absolute atomic E-state index is 0.639. The van der Waals surface area contributed by atoms with Crippen molar-refractivity contribution >= 4 is 5.96 Å². The summed E-state index contributed by atoms with van der Waals surface area (Å²) in [7, 11) is 0. The van der Waals surface area contributed by atoms with E-state index in [0.29, 0.717) is 11.9 Å². The highest BCUT2D eigenvalue weighted by Gasteiger charge is 2.20. The van der Waals surface area contributed by atoms with Crippen molar-refractivity contribution in [3.63, 3.8) is 0 Å². The van der Waals surface area contributed by atoms with E-state index in [2.05, 4.69) is 29.5 Å². The summed E-state index contributed by atoms with van der Waals surface area (Å²) in [4.78, 5) is 4.52. The molecule has 0 bridgehead atoms. The molecule has 0 spiro atoms. The molecule has 0 aromatic heterocycles. The van der Waals surface area contributed by atoms with Crippen LogP contribution in [0.3, 0.4) is 0 Å². The standard InChI is InChI=1S/C15H28N4/c1-3-5-13-6-8-14(9-7-13)11-18-15(19-12-16)17-10-4-2/h13-14H,3-11H2,1-2H3,(H2,17,18,19). The lowest BCUT2D eigenvalue weighted by molar-refractivity contribution is 0.267. The highest BCUT2D eigenvalue weighted by molar-refractivity contribution is 5.81. The monoisotopic (exact) mass is 264 g/mol. The average Bonchev–Trinajstić information content (AvgIpc) is 2.44. The van der Waals surface area contributed by atoms with Crippen molar-refractivity contribution in [2.45, 2.75) is 58.8 Å². The van der Waals surface area contributed by atoms with Crippen LogP contribution in [0.25, 0.3) is 0 Å². The Labute approximate surface area is 117 Å². The Balaban J connectivity index is 2.31. The summed E-state index contributed by atoms with van der Waals surface area (Å²) in [5, 5.41) is 14.5. The third-order valence-corrected chi connectivity index (χ3v) is 3.89. The number of hydrogen-bond acceptors (Lipinski definition) is 2. The third-order valence-electron chi connectivity index (χ3n) is 3.89. The van der Waals surface area contributed by atoms with Crippen LogP contribution in [-0.2, 0) is 0 Å². The number of nitrogens with one attached hydrogen (secondary N) is 2. The van der Waals surface area contributed by atoms with Gasteiger partial charge in [-0.05, 0) is 31.1 Å². The predicted octanol–water partition coefficient (Wildman–Crippen LogP) is 3.02. The normalized spacial score (nSPS) is 23.7. The zero-order valence-electron chi connectivity index (χ0n) is 12.4. The molecule has 0 aromatic rings. The first-order chi connectivity index (χ1) is 9.30. The molecule has 0 heterocycles. The number of guanidine groups is 1. The highest BCUT2D eigenvalue weighted by Crippen LogP contribution is 2.31. The van der Waals surface area contributed by atoms with Gasteiger partial charge >= 0.3 is 0 Å². The van der Waals surface area contributed by atoms with Gasteiger partial charge in [0.05, 0.1) is 0 Å². The smallest absolute Gasteiger partial charge is 0.204 e. The van der Waals surface area contributed by atoms with E-state index in [-0.39, 0.29) is 0 Å². The Morgan fingerprint density at radius 2 is 1.84 bits per heavy atom. The zero-order valence-corrected chi connectivity index (χ0v) is 12.4. The average molecular weight is 264 g/mol. The predicted molar refractivity (Wildman–Crippen MR) is 79.7 cm³/mol. The minimum atomic E-state index is 0.639. The van der Waals surface area contributed by atoms with Gasteiger partial charge < -0.3 is 5.32 Å². The first kappa shape index (κ1) is 15.8. The molecular formula is C15H28N4. The number of hydrogen-bond donors (Lipinski definition) is 2. The third kappa shape index (κ3) is 6.47. The van der Waals surface area contributed by atoms with E-state index in [1.807, 2.05) is 6.19 Å². The van der Waals surface area contributed by atoms with Gasteiger partial charge in [0, 0.05) is 13.1 Å². The fourth-order valence-electron chi connectivity index (χ4n) is 2.77. The summed E-state index contributed by atoms with van der Waals surface area (Å²) < 4.78 is 0. The van der Waals surface area contributed by atoms with Crippen LogP contribution in [0.1, 0.15) is 58.8 Å². The van der Waals surface area contributed by atoms with E-state index >= 15 is 0 Å². The molecule has 4 heteroatoms. The Morgan fingerprint density at radius 3 is 2.42 bits per heavy atom. The number of rotatable bonds is 6. The lowest BCUT2D eigenvalue weighted by Crippen LogP contribution is -2.35. The maximum Gasteiger partial charge on any atom is 0.204 e. The molecular weight excluding hydrogens is 236 g/mol. The maximum atomic E-state index is 8.68. The fourth-order valence-corrected chi connectivity index (χ4v) is 2.77. The summed E-state index contributed by atoms with van der Waals surface area (Å²) >= 11 is 0. The Morgan fingerprint density at radius 1 is 1.16 bits per heavy atom. The molecule has 0 aliphatic heterocycles. The molecule has 1 fully saturated rings. The van der Waals surface area contributed by atoms with Crippen LogP contribution in [0.15, 0.2) is 4.99 Å². The molecule has 19 heavy (non-hydrogen) atoms. The van der Waals surface area contributed by atoms with Gasteiger partial charge in [-0.2, -0.15) is 5.26 Å². The van der Waals surface area contributed by atoms with E-state index in [1.54, 1.807) is 0 Å².